The number of para-hydroxylation sites is 1. The molecule has 0 saturated heterocycles. The Morgan fingerprint density at radius 2 is 1.88 bits per heavy atom. The lowest BCUT2D eigenvalue weighted by Crippen LogP contribution is -2.52. The Kier molecular flexibility index (Phi) is 5.35. The molecule has 1 aliphatic rings. The van der Waals surface area contributed by atoms with E-state index in [1.165, 1.54) is 12.0 Å². The topological polar surface area (TPSA) is 84.9 Å². The molecular weight excluding hydrogens is 324 g/mol. The van der Waals surface area contributed by atoms with Crippen LogP contribution < -0.4 is 10.2 Å². The van der Waals surface area contributed by atoms with Crippen LogP contribution in [0.4, 0.5) is 10.5 Å². The summed E-state index contributed by atoms with van der Waals surface area (Å²) in [6, 6.07) is 5.70. The van der Waals surface area contributed by atoms with E-state index < -0.39 is 35.7 Å². The van der Waals surface area contributed by atoms with Gasteiger partial charge in [-0.1, -0.05) is 18.2 Å². The minimum absolute atomic E-state index is 0.383. The van der Waals surface area contributed by atoms with Crippen molar-refractivity contribution in [2.75, 3.05) is 12.0 Å². The zero-order valence-electron chi connectivity index (χ0n) is 15.2. The predicted octanol–water partition coefficient (Wildman–Crippen LogP) is 2.03. The van der Waals surface area contributed by atoms with Gasteiger partial charge in [-0.05, 0) is 39.3 Å². The van der Waals surface area contributed by atoms with Gasteiger partial charge in [0.25, 0.3) is 0 Å². The van der Waals surface area contributed by atoms with E-state index in [9.17, 15) is 14.4 Å². The second kappa shape index (κ2) is 7.13. The molecule has 0 unspecified atom stereocenters. The zero-order chi connectivity index (χ0) is 18.8. The molecule has 2 amide bonds. The molecule has 0 radical (unpaired) electrons. The maximum Gasteiger partial charge on any atom is 0.408 e. The first kappa shape index (κ1) is 18.8. The Hall–Kier alpha value is -2.57. The quantitative estimate of drug-likeness (QED) is 0.845. The summed E-state index contributed by atoms with van der Waals surface area (Å²) in [6.07, 6.45) is -0.302. The van der Waals surface area contributed by atoms with E-state index in [1.54, 1.807) is 39.8 Å². The Balaban J connectivity index is 2.19. The van der Waals surface area contributed by atoms with Gasteiger partial charge in [-0.25, -0.2) is 9.59 Å². The van der Waals surface area contributed by atoms with Gasteiger partial charge in [-0.3, -0.25) is 9.69 Å². The first-order valence-corrected chi connectivity index (χ1v) is 8.12. The molecule has 7 nitrogen and oxygen atoms in total. The number of alkyl carbamates (subject to hydrolysis) is 1. The van der Waals surface area contributed by atoms with Gasteiger partial charge in [0.1, 0.15) is 17.7 Å². The molecular formula is C18H24N2O5. The Morgan fingerprint density at radius 3 is 2.48 bits per heavy atom. The Labute approximate surface area is 147 Å². The first-order valence-electron chi connectivity index (χ1n) is 8.12. The largest absolute Gasteiger partial charge is 0.467 e. The lowest BCUT2D eigenvalue weighted by Gasteiger charge is -2.27. The highest BCUT2D eigenvalue weighted by molar-refractivity contribution is 6.05. The van der Waals surface area contributed by atoms with Crippen LogP contribution in [0.1, 0.15) is 33.3 Å². The van der Waals surface area contributed by atoms with Gasteiger partial charge < -0.3 is 14.8 Å². The summed E-state index contributed by atoms with van der Waals surface area (Å²) in [4.78, 5) is 38.3. The number of methoxy groups -OCH3 is 1. The third kappa shape index (κ3) is 4.29. The normalized spacial score (nSPS) is 17.5. The molecule has 2 atom stereocenters. The minimum atomic E-state index is -0.854. The van der Waals surface area contributed by atoms with E-state index >= 15 is 0 Å². The zero-order valence-corrected chi connectivity index (χ0v) is 15.2. The van der Waals surface area contributed by atoms with Gasteiger partial charge in [0.15, 0.2) is 0 Å². The highest BCUT2D eigenvalue weighted by Gasteiger charge is 2.40. The van der Waals surface area contributed by atoms with Crippen molar-refractivity contribution in [3.05, 3.63) is 29.8 Å². The summed E-state index contributed by atoms with van der Waals surface area (Å²) in [5, 5.41) is 2.52. The van der Waals surface area contributed by atoms with Gasteiger partial charge in [-0.2, -0.15) is 0 Å². The predicted molar refractivity (Wildman–Crippen MR) is 92.3 cm³/mol. The summed E-state index contributed by atoms with van der Waals surface area (Å²) < 4.78 is 10.0. The standard InChI is InChI=1S/C18H24N2O5/c1-11(19-17(23)25-18(2,3)4)15(21)20-13-9-7-6-8-12(13)10-14(20)16(22)24-5/h6-9,11,14H,10H2,1-5H3,(H,19,23)/t11-,14-/m1/s1. The molecule has 1 N–H and O–H groups in total. The van der Waals surface area contributed by atoms with E-state index in [1.807, 2.05) is 12.1 Å². The van der Waals surface area contributed by atoms with Crippen LogP contribution in [-0.4, -0.2) is 42.8 Å². The number of carbonyl (C=O) groups is 3. The number of carbonyl (C=O) groups excluding carboxylic acids is 3. The van der Waals surface area contributed by atoms with E-state index in [-0.39, 0.29) is 0 Å². The van der Waals surface area contributed by atoms with E-state index in [0.29, 0.717) is 12.1 Å². The average molecular weight is 348 g/mol. The molecule has 0 fully saturated rings. The van der Waals surface area contributed by atoms with Crippen molar-refractivity contribution < 1.29 is 23.9 Å². The number of benzene rings is 1. The fourth-order valence-electron chi connectivity index (χ4n) is 2.74. The number of anilines is 1. The minimum Gasteiger partial charge on any atom is -0.467 e. The SMILES string of the molecule is COC(=O)[C@H]1Cc2ccccc2N1C(=O)[C@@H](C)NC(=O)OC(C)(C)C. The van der Waals surface area contributed by atoms with Crippen LogP contribution in [0.2, 0.25) is 0 Å². The van der Waals surface area contributed by atoms with Gasteiger partial charge in [0.05, 0.1) is 7.11 Å². The van der Waals surface area contributed by atoms with Gasteiger partial charge in [-0.15, -0.1) is 0 Å². The van der Waals surface area contributed by atoms with E-state index in [0.717, 1.165) is 5.56 Å². The molecule has 1 aromatic carbocycles. The molecule has 0 bridgehead atoms. The number of ether oxygens (including phenoxy) is 2. The van der Waals surface area contributed by atoms with Crippen LogP contribution in [0.3, 0.4) is 0 Å². The molecule has 1 aliphatic heterocycles. The number of esters is 1. The van der Waals surface area contributed by atoms with Crippen molar-refractivity contribution >= 4 is 23.7 Å². The Morgan fingerprint density at radius 1 is 1.24 bits per heavy atom. The van der Waals surface area contributed by atoms with Crippen molar-refractivity contribution in [3.8, 4) is 0 Å². The number of fused-ring (bicyclic) bond motifs is 1. The molecule has 0 spiro atoms. The molecule has 136 valence electrons. The van der Waals surface area contributed by atoms with Crippen molar-refractivity contribution in [2.45, 2.75) is 51.8 Å². The Bertz CT molecular complexity index is 680. The van der Waals surface area contributed by atoms with Gasteiger partial charge >= 0.3 is 12.1 Å². The van der Waals surface area contributed by atoms with Crippen molar-refractivity contribution in [3.63, 3.8) is 0 Å². The van der Waals surface area contributed by atoms with Gasteiger partial charge in [0.2, 0.25) is 5.91 Å². The number of hydrogen-bond donors (Lipinski definition) is 1. The molecule has 1 aromatic rings. The van der Waals surface area contributed by atoms with Crippen molar-refractivity contribution in [1.82, 2.24) is 5.32 Å². The number of nitrogens with one attached hydrogen (secondary N) is 1. The van der Waals surface area contributed by atoms with E-state index in [4.69, 9.17) is 9.47 Å². The molecule has 2 rings (SSSR count). The van der Waals surface area contributed by atoms with E-state index in [2.05, 4.69) is 5.32 Å². The third-order valence-electron chi connectivity index (χ3n) is 3.79. The number of rotatable bonds is 3. The highest BCUT2D eigenvalue weighted by atomic mass is 16.6. The number of amides is 2. The molecule has 0 aliphatic carbocycles. The lowest BCUT2D eigenvalue weighted by atomic mass is 10.1. The maximum atomic E-state index is 12.9. The second-order valence-corrected chi connectivity index (χ2v) is 6.95. The number of hydrogen-bond acceptors (Lipinski definition) is 5. The molecule has 1 heterocycles. The second-order valence-electron chi connectivity index (χ2n) is 6.95. The fourth-order valence-corrected chi connectivity index (χ4v) is 2.74. The van der Waals surface area contributed by atoms with Crippen LogP contribution in [-0.2, 0) is 25.5 Å². The maximum absolute atomic E-state index is 12.9. The molecule has 7 heteroatoms. The van der Waals surface area contributed by atoms with Crippen LogP contribution >= 0.6 is 0 Å². The van der Waals surface area contributed by atoms with Crippen LogP contribution in [0.5, 0.6) is 0 Å². The van der Waals surface area contributed by atoms with Crippen molar-refractivity contribution in [2.24, 2.45) is 0 Å². The summed E-state index contributed by atoms with van der Waals surface area (Å²) >= 11 is 0. The van der Waals surface area contributed by atoms with Gasteiger partial charge in [0, 0.05) is 12.1 Å². The third-order valence-corrected chi connectivity index (χ3v) is 3.79. The van der Waals surface area contributed by atoms with Crippen LogP contribution in [0.15, 0.2) is 24.3 Å². The molecule has 0 saturated carbocycles. The highest BCUT2D eigenvalue weighted by Crippen LogP contribution is 2.33. The molecule has 25 heavy (non-hydrogen) atoms. The summed E-state index contributed by atoms with van der Waals surface area (Å²) in [5.41, 5.74) is 0.873. The van der Waals surface area contributed by atoms with Crippen LogP contribution in [0, 0.1) is 0 Å². The fraction of sp³-hybridized carbons (Fsp3) is 0.500. The molecule has 0 aromatic heterocycles. The first-order chi connectivity index (χ1) is 11.6. The monoisotopic (exact) mass is 348 g/mol. The lowest BCUT2D eigenvalue weighted by molar-refractivity contribution is -0.143. The number of nitrogens with zero attached hydrogens (tertiary/aromatic N) is 1. The summed E-state index contributed by atoms with van der Waals surface area (Å²) in [5.74, 6) is -0.889. The summed E-state index contributed by atoms with van der Waals surface area (Å²) in [6.45, 7) is 6.77. The average Bonchev–Trinajstić information content (AvgIpc) is 2.90. The smallest absolute Gasteiger partial charge is 0.408 e. The van der Waals surface area contributed by atoms with Crippen LogP contribution in [0.25, 0.3) is 0 Å². The van der Waals surface area contributed by atoms with Crippen molar-refractivity contribution in [1.29, 1.82) is 0 Å². The summed E-state index contributed by atoms with van der Waals surface area (Å²) in [7, 11) is 1.29.